The zero-order valence-electron chi connectivity index (χ0n) is 12.2. The van der Waals surface area contributed by atoms with E-state index in [1.54, 1.807) is 0 Å². The third kappa shape index (κ3) is 4.64. The molecule has 20 heavy (non-hydrogen) atoms. The highest BCUT2D eigenvalue weighted by Gasteiger charge is 2.18. The zero-order valence-corrected chi connectivity index (χ0v) is 12.2. The number of carbonyl (C=O) groups is 1. The Hall–Kier alpha value is -1.35. The molecule has 0 aliphatic heterocycles. The van der Waals surface area contributed by atoms with E-state index in [0.717, 1.165) is 38.2 Å². The molecule has 1 aliphatic rings. The van der Waals surface area contributed by atoms with Gasteiger partial charge in [0.25, 0.3) is 0 Å². The quantitative estimate of drug-likeness (QED) is 0.561. The van der Waals surface area contributed by atoms with Crippen LogP contribution >= 0.6 is 0 Å². The maximum Gasteiger partial charge on any atom is 0.373 e. The van der Waals surface area contributed by atoms with Gasteiger partial charge in [-0.15, -0.1) is 0 Å². The van der Waals surface area contributed by atoms with Crippen molar-refractivity contribution in [3.05, 3.63) is 41.5 Å². The van der Waals surface area contributed by atoms with E-state index in [9.17, 15) is 4.79 Å². The summed E-state index contributed by atoms with van der Waals surface area (Å²) in [6, 6.07) is 7.59. The fourth-order valence-electron chi connectivity index (χ4n) is 2.36. The lowest BCUT2D eigenvalue weighted by Crippen LogP contribution is -2.13. The molecule has 1 aromatic carbocycles. The number of aryl methyl sites for hydroxylation is 1. The second-order valence-corrected chi connectivity index (χ2v) is 5.35. The molecule has 1 radical (unpaired) electrons. The van der Waals surface area contributed by atoms with Crippen molar-refractivity contribution in [2.45, 2.75) is 58.3 Å². The predicted molar refractivity (Wildman–Crippen MR) is 77.9 cm³/mol. The second kappa shape index (κ2) is 8.05. The van der Waals surface area contributed by atoms with Crippen LogP contribution in [-0.2, 0) is 16.2 Å². The van der Waals surface area contributed by atoms with E-state index in [-0.39, 0.29) is 0 Å². The largest absolute Gasteiger partial charge is 0.373 e. The van der Waals surface area contributed by atoms with Crippen molar-refractivity contribution in [2.75, 3.05) is 0 Å². The van der Waals surface area contributed by atoms with Gasteiger partial charge in [-0.05, 0) is 43.4 Å². The molecule has 0 bridgehead atoms. The lowest BCUT2D eigenvalue weighted by molar-refractivity contribution is -0.239. The molecule has 0 spiro atoms. The summed E-state index contributed by atoms with van der Waals surface area (Å²) >= 11 is 0. The molecule has 0 amide bonds. The first-order valence-corrected chi connectivity index (χ1v) is 7.62. The molecule has 0 heterocycles. The Labute approximate surface area is 121 Å². The zero-order chi connectivity index (χ0) is 14.2. The highest BCUT2D eigenvalue weighted by molar-refractivity contribution is 5.88. The van der Waals surface area contributed by atoms with Crippen molar-refractivity contribution in [2.24, 2.45) is 0 Å². The summed E-state index contributed by atoms with van der Waals surface area (Å²) in [4.78, 5) is 21.9. The Morgan fingerprint density at radius 1 is 1.10 bits per heavy atom. The maximum atomic E-state index is 11.9. The van der Waals surface area contributed by atoms with Crippen molar-refractivity contribution in [1.29, 1.82) is 0 Å². The second-order valence-electron chi connectivity index (χ2n) is 5.35. The lowest BCUT2D eigenvalue weighted by Gasteiger charge is -2.18. The Bertz CT molecular complexity index is 405. The minimum absolute atomic E-state index is 0.412. The normalized spacial score (nSPS) is 16.1. The first-order chi connectivity index (χ1) is 9.79. The van der Waals surface area contributed by atoms with Gasteiger partial charge < -0.3 is 0 Å². The fourth-order valence-corrected chi connectivity index (χ4v) is 2.36. The maximum absolute atomic E-state index is 11.9. The molecule has 1 fully saturated rings. The van der Waals surface area contributed by atoms with Crippen molar-refractivity contribution < 1.29 is 14.6 Å². The summed E-state index contributed by atoms with van der Waals surface area (Å²) in [6.45, 7) is 2.17. The van der Waals surface area contributed by atoms with Crippen molar-refractivity contribution in [3.63, 3.8) is 0 Å². The Kier molecular flexibility index (Phi) is 6.06. The number of hydrogen-bond acceptors (Lipinski definition) is 3. The number of benzene rings is 1. The molecule has 0 N–H and O–H groups in total. The van der Waals surface area contributed by atoms with Crippen LogP contribution in [-0.4, -0.2) is 5.97 Å². The predicted octanol–water partition coefficient (Wildman–Crippen LogP) is 4.61. The van der Waals surface area contributed by atoms with Gasteiger partial charge in [0.2, 0.25) is 0 Å². The average molecular weight is 275 g/mol. The van der Waals surface area contributed by atoms with Crippen LogP contribution in [0.5, 0.6) is 0 Å². The Balaban J connectivity index is 1.79. The van der Waals surface area contributed by atoms with Crippen LogP contribution in [0.15, 0.2) is 24.3 Å². The van der Waals surface area contributed by atoms with Crippen molar-refractivity contribution >= 4 is 5.97 Å². The van der Waals surface area contributed by atoms with Crippen LogP contribution in [0.25, 0.3) is 0 Å². The number of hydrogen-bond donors (Lipinski definition) is 0. The van der Waals surface area contributed by atoms with Gasteiger partial charge in [0.15, 0.2) is 0 Å². The molecule has 2 rings (SSSR count). The van der Waals surface area contributed by atoms with Crippen LogP contribution in [0.1, 0.15) is 67.8 Å². The van der Waals surface area contributed by atoms with Crippen LogP contribution in [0.2, 0.25) is 0 Å². The van der Waals surface area contributed by atoms with E-state index < -0.39 is 5.97 Å². The van der Waals surface area contributed by atoms with Gasteiger partial charge >= 0.3 is 5.97 Å². The van der Waals surface area contributed by atoms with E-state index in [2.05, 4.69) is 6.92 Å². The lowest BCUT2D eigenvalue weighted by atomic mass is 9.98. The van der Waals surface area contributed by atoms with Crippen LogP contribution < -0.4 is 0 Å². The Morgan fingerprint density at radius 2 is 1.80 bits per heavy atom. The average Bonchev–Trinajstić information content (AvgIpc) is 2.52. The van der Waals surface area contributed by atoms with Gasteiger partial charge in [0, 0.05) is 0 Å². The van der Waals surface area contributed by atoms with E-state index in [1.807, 2.05) is 24.3 Å². The van der Waals surface area contributed by atoms with E-state index >= 15 is 0 Å². The van der Waals surface area contributed by atoms with E-state index in [0.29, 0.717) is 5.56 Å². The fraction of sp³-hybridized carbons (Fsp3) is 0.529. The summed E-state index contributed by atoms with van der Waals surface area (Å²) in [5, 5.41) is 0. The minimum Gasteiger partial charge on any atom is -0.292 e. The number of carbonyl (C=O) groups excluding carboxylic acids is 1. The number of rotatable bonds is 6. The molecule has 109 valence electrons. The monoisotopic (exact) mass is 275 g/mol. The smallest absolute Gasteiger partial charge is 0.292 e. The molecule has 3 nitrogen and oxygen atoms in total. The standard InChI is InChI=1S/C17H23O3/c1-2-3-7-14-10-12-15(13-11-14)17(18)20-19-16-8-5-4-6-9-16/h10-13H,2-9H2,1H3. The van der Waals surface area contributed by atoms with Crippen LogP contribution in [0, 0.1) is 6.10 Å². The third-order valence-corrected chi connectivity index (χ3v) is 3.66. The van der Waals surface area contributed by atoms with Gasteiger partial charge in [0.05, 0.1) is 5.56 Å². The van der Waals surface area contributed by atoms with Gasteiger partial charge in [-0.25, -0.2) is 4.79 Å². The highest BCUT2D eigenvalue weighted by atomic mass is 17.2. The van der Waals surface area contributed by atoms with Crippen molar-refractivity contribution in [3.8, 4) is 0 Å². The first-order valence-electron chi connectivity index (χ1n) is 7.62. The Morgan fingerprint density at radius 3 is 2.45 bits per heavy atom. The molecular weight excluding hydrogens is 252 g/mol. The molecule has 0 saturated heterocycles. The molecule has 1 saturated carbocycles. The van der Waals surface area contributed by atoms with Gasteiger partial charge in [-0.1, -0.05) is 44.7 Å². The van der Waals surface area contributed by atoms with Crippen LogP contribution in [0.4, 0.5) is 0 Å². The summed E-state index contributed by atoms with van der Waals surface area (Å²) in [7, 11) is 0. The van der Waals surface area contributed by atoms with E-state index in [1.165, 1.54) is 24.8 Å². The summed E-state index contributed by atoms with van der Waals surface area (Å²) < 4.78 is 0. The summed E-state index contributed by atoms with van der Waals surface area (Å²) in [5.74, 6) is -0.412. The molecule has 3 heteroatoms. The molecule has 0 unspecified atom stereocenters. The molecular formula is C17H23O3. The van der Waals surface area contributed by atoms with E-state index in [4.69, 9.17) is 9.78 Å². The minimum atomic E-state index is -0.412. The van der Waals surface area contributed by atoms with Gasteiger partial charge in [-0.3, -0.25) is 4.89 Å². The molecule has 0 atom stereocenters. The van der Waals surface area contributed by atoms with Crippen molar-refractivity contribution in [1.82, 2.24) is 0 Å². The summed E-state index contributed by atoms with van der Waals surface area (Å²) in [6.07, 6.45) is 9.59. The third-order valence-electron chi connectivity index (χ3n) is 3.66. The van der Waals surface area contributed by atoms with Gasteiger partial charge in [0.1, 0.15) is 6.10 Å². The first kappa shape index (κ1) is 15.0. The highest BCUT2D eigenvalue weighted by Crippen LogP contribution is 2.26. The number of unbranched alkanes of at least 4 members (excludes halogenated alkanes) is 1. The molecule has 0 aromatic heterocycles. The summed E-state index contributed by atoms with van der Waals surface area (Å²) in [5.41, 5.74) is 1.80. The molecule has 1 aromatic rings. The van der Waals surface area contributed by atoms with Gasteiger partial charge in [-0.2, -0.15) is 4.89 Å². The van der Waals surface area contributed by atoms with Crippen LogP contribution in [0.3, 0.4) is 0 Å². The SMILES string of the molecule is CCCCc1ccc(C(=O)OO[C]2CCCCC2)cc1. The molecule has 1 aliphatic carbocycles. The topological polar surface area (TPSA) is 35.5 Å².